The van der Waals surface area contributed by atoms with Gasteiger partial charge in [-0.3, -0.25) is 4.79 Å². The van der Waals surface area contributed by atoms with Crippen molar-refractivity contribution in [2.75, 3.05) is 13.1 Å². The Balaban J connectivity index is 3.75. The fourth-order valence-corrected chi connectivity index (χ4v) is 1.43. The van der Waals surface area contributed by atoms with Gasteiger partial charge in [-0.15, -0.1) is 0 Å². The predicted molar refractivity (Wildman–Crippen MR) is 55.6 cm³/mol. The standard InChI is InChI=1S/C9H19NOS/c1-5-10(12-7-11)6-9(4)8(2)3/h7-9H,5-6H2,1-4H3. The van der Waals surface area contributed by atoms with Gasteiger partial charge in [-0.05, 0) is 23.8 Å². The Labute approximate surface area is 79.8 Å². The van der Waals surface area contributed by atoms with Crippen LogP contribution in [0.2, 0.25) is 0 Å². The molecule has 0 saturated heterocycles. The normalized spacial score (nSPS) is 13.8. The zero-order chi connectivity index (χ0) is 9.56. The Morgan fingerprint density at radius 3 is 2.33 bits per heavy atom. The lowest BCUT2D eigenvalue weighted by atomic mass is 9.98. The summed E-state index contributed by atoms with van der Waals surface area (Å²) >= 11 is 1.27. The van der Waals surface area contributed by atoms with E-state index in [9.17, 15) is 4.79 Å². The fourth-order valence-electron chi connectivity index (χ4n) is 0.840. The van der Waals surface area contributed by atoms with Gasteiger partial charge in [0.05, 0.1) is 0 Å². The zero-order valence-electron chi connectivity index (χ0n) is 8.41. The molecule has 2 nitrogen and oxygen atoms in total. The topological polar surface area (TPSA) is 20.3 Å². The van der Waals surface area contributed by atoms with Crippen LogP contribution in [0.25, 0.3) is 0 Å². The molecule has 0 aromatic carbocycles. The van der Waals surface area contributed by atoms with Gasteiger partial charge >= 0.3 is 0 Å². The Hall–Kier alpha value is -0.0200. The van der Waals surface area contributed by atoms with Crippen LogP contribution >= 0.6 is 11.9 Å². The van der Waals surface area contributed by atoms with Crippen LogP contribution in [0, 0.1) is 11.8 Å². The molecule has 0 spiro atoms. The molecule has 0 fully saturated rings. The molecular formula is C9H19NOS. The molecule has 0 aliphatic carbocycles. The van der Waals surface area contributed by atoms with E-state index >= 15 is 0 Å². The molecule has 0 aliphatic rings. The molecule has 1 unspecified atom stereocenters. The molecule has 0 heterocycles. The Morgan fingerprint density at radius 1 is 1.42 bits per heavy atom. The molecule has 0 aliphatic heterocycles. The minimum absolute atomic E-state index is 0.650. The predicted octanol–water partition coefficient (Wildman–Crippen LogP) is 2.44. The van der Waals surface area contributed by atoms with Crippen molar-refractivity contribution >= 4 is 17.6 Å². The minimum atomic E-state index is 0.650. The van der Waals surface area contributed by atoms with Crippen molar-refractivity contribution < 1.29 is 4.79 Å². The number of rotatable bonds is 6. The highest BCUT2D eigenvalue weighted by Crippen LogP contribution is 2.15. The number of hydrogen-bond acceptors (Lipinski definition) is 3. The first-order chi connectivity index (χ1) is 5.61. The van der Waals surface area contributed by atoms with Crippen LogP contribution in [0.1, 0.15) is 27.7 Å². The lowest BCUT2D eigenvalue weighted by Gasteiger charge is -2.23. The van der Waals surface area contributed by atoms with E-state index in [4.69, 9.17) is 0 Å². The summed E-state index contributed by atoms with van der Waals surface area (Å²) < 4.78 is 2.09. The summed E-state index contributed by atoms with van der Waals surface area (Å²) in [5, 5.41) is 0. The highest BCUT2D eigenvalue weighted by Gasteiger charge is 2.11. The molecular weight excluding hydrogens is 170 g/mol. The van der Waals surface area contributed by atoms with Gasteiger partial charge in [-0.25, -0.2) is 4.31 Å². The van der Waals surface area contributed by atoms with Crippen molar-refractivity contribution in [2.24, 2.45) is 11.8 Å². The Morgan fingerprint density at radius 2 is 2.00 bits per heavy atom. The maximum absolute atomic E-state index is 10.2. The summed E-state index contributed by atoms with van der Waals surface area (Å²) in [5.41, 5.74) is 0.899. The minimum Gasteiger partial charge on any atom is -0.290 e. The third kappa shape index (κ3) is 4.78. The van der Waals surface area contributed by atoms with Crippen LogP contribution in [0.5, 0.6) is 0 Å². The average molecular weight is 189 g/mol. The zero-order valence-corrected chi connectivity index (χ0v) is 9.23. The molecule has 0 aromatic heterocycles. The molecule has 0 bridgehead atoms. The van der Waals surface area contributed by atoms with E-state index in [0.717, 1.165) is 18.7 Å². The van der Waals surface area contributed by atoms with E-state index in [1.807, 2.05) is 0 Å². The molecule has 0 N–H and O–H groups in total. The van der Waals surface area contributed by atoms with Crippen molar-refractivity contribution in [3.05, 3.63) is 0 Å². The molecule has 3 heteroatoms. The highest BCUT2D eigenvalue weighted by molar-refractivity contribution is 8.09. The first kappa shape index (κ1) is 12.0. The first-order valence-electron chi connectivity index (χ1n) is 4.47. The molecule has 0 radical (unpaired) electrons. The molecule has 0 rings (SSSR count). The van der Waals surface area contributed by atoms with Crippen LogP contribution in [-0.2, 0) is 4.79 Å². The van der Waals surface area contributed by atoms with Crippen LogP contribution in [0.3, 0.4) is 0 Å². The van der Waals surface area contributed by atoms with E-state index in [2.05, 4.69) is 32.0 Å². The summed E-state index contributed by atoms with van der Waals surface area (Å²) in [4.78, 5) is 10.2. The third-order valence-electron chi connectivity index (χ3n) is 2.17. The summed E-state index contributed by atoms with van der Waals surface area (Å²) in [6.07, 6.45) is 0. The van der Waals surface area contributed by atoms with Gasteiger partial charge in [0.25, 0.3) is 0 Å². The first-order valence-corrected chi connectivity index (χ1v) is 5.30. The van der Waals surface area contributed by atoms with Crippen molar-refractivity contribution in [3.8, 4) is 0 Å². The van der Waals surface area contributed by atoms with Gasteiger partial charge in [0.1, 0.15) is 0 Å². The summed E-state index contributed by atoms with van der Waals surface area (Å²) in [7, 11) is 0. The van der Waals surface area contributed by atoms with Crippen molar-refractivity contribution in [1.82, 2.24) is 4.31 Å². The van der Waals surface area contributed by atoms with Crippen molar-refractivity contribution in [1.29, 1.82) is 0 Å². The third-order valence-corrected chi connectivity index (χ3v) is 2.97. The second kappa shape index (κ2) is 6.49. The van der Waals surface area contributed by atoms with Gasteiger partial charge in [0.15, 0.2) is 5.62 Å². The smallest absolute Gasteiger partial charge is 0.191 e. The summed E-state index contributed by atoms with van der Waals surface area (Å²) in [6, 6.07) is 0. The summed E-state index contributed by atoms with van der Waals surface area (Å²) in [5.74, 6) is 1.34. The molecule has 72 valence electrons. The van der Waals surface area contributed by atoms with Crippen molar-refractivity contribution in [3.63, 3.8) is 0 Å². The highest BCUT2D eigenvalue weighted by atomic mass is 32.2. The van der Waals surface area contributed by atoms with E-state index < -0.39 is 0 Å². The summed E-state index contributed by atoms with van der Waals surface area (Å²) in [6.45, 7) is 10.6. The van der Waals surface area contributed by atoms with Crippen LogP contribution in [0.15, 0.2) is 0 Å². The van der Waals surface area contributed by atoms with Gasteiger partial charge in [-0.2, -0.15) is 0 Å². The largest absolute Gasteiger partial charge is 0.290 e. The van der Waals surface area contributed by atoms with Crippen LogP contribution in [0.4, 0.5) is 0 Å². The van der Waals surface area contributed by atoms with Crippen LogP contribution in [-0.4, -0.2) is 23.0 Å². The lowest BCUT2D eigenvalue weighted by molar-refractivity contribution is 0.331. The molecule has 0 saturated carbocycles. The maximum Gasteiger partial charge on any atom is 0.191 e. The average Bonchev–Trinajstić information content (AvgIpc) is 2.03. The number of carbonyl (C=O) groups is 1. The molecule has 12 heavy (non-hydrogen) atoms. The number of nitrogens with zero attached hydrogens (tertiary/aromatic N) is 1. The van der Waals surface area contributed by atoms with Gasteiger partial charge in [-0.1, -0.05) is 27.7 Å². The lowest BCUT2D eigenvalue weighted by Crippen LogP contribution is -2.24. The van der Waals surface area contributed by atoms with Gasteiger partial charge in [0, 0.05) is 13.1 Å². The molecule has 0 aromatic rings. The fraction of sp³-hybridized carbons (Fsp3) is 0.889. The quantitative estimate of drug-likeness (QED) is 0.473. The Bertz CT molecular complexity index is 128. The maximum atomic E-state index is 10.2. The van der Waals surface area contributed by atoms with E-state index in [0.29, 0.717) is 11.8 Å². The SMILES string of the molecule is CCN(CC(C)C(C)C)SC=O. The molecule has 1 atom stereocenters. The Kier molecular flexibility index (Phi) is 6.48. The van der Waals surface area contributed by atoms with E-state index in [1.54, 1.807) is 0 Å². The second-order valence-corrected chi connectivity index (χ2v) is 4.32. The van der Waals surface area contributed by atoms with Gasteiger partial charge in [0.2, 0.25) is 0 Å². The van der Waals surface area contributed by atoms with Crippen LogP contribution < -0.4 is 0 Å². The number of carbonyl (C=O) groups excluding carboxylic acids is 1. The van der Waals surface area contributed by atoms with Gasteiger partial charge < -0.3 is 0 Å². The van der Waals surface area contributed by atoms with Crippen molar-refractivity contribution in [2.45, 2.75) is 27.7 Å². The second-order valence-electron chi connectivity index (χ2n) is 3.40. The molecule has 0 amide bonds. The number of hydrogen-bond donors (Lipinski definition) is 0. The van der Waals surface area contributed by atoms with E-state index in [1.165, 1.54) is 11.9 Å². The monoisotopic (exact) mass is 189 g/mol. The van der Waals surface area contributed by atoms with E-state index in [-0.39, 0.29) is 0 Å².